The Kier molecular flexibility index (Phi) is 9.29. The summed E-state index contributed by atoms with van der Waals surface area (Å²) in [5.41, 5.74) is -4.64. The Balaban J connectivity index is 5.28. The van der Waals surface area contributed by atoms with Crippen LogP contribution in [-0.4, -0.2) is 47.9 Å². The van der Waals surface area contributed by atoms with Crippen molar-refractivity contribution in [3.8, 4) is 0 Å². The van der Waals surface area contributed by atoms with Crippen molar-refractivity contribution in [3.63, 3.8) is 0 Å². The van der Waals surface area contributed by atoms with Crippen LogP contribution in [0, 0.1) is 5.92 Å². The molecule has 0 spiro atoms. The van der Waals surface area contributed by atoms with Crippen LogP contribution in [0.2, 0.25) is 0 Å². The summed E-state index contributed by atoms with van der Waals surface area (Å²) in [5, 5.41) is 0. The molecular weight excluding hydrogens is 461 g/mol. The van der Waals surface area contributed by atoms with Gasteiger partial charge in [0.2, 0.25) is 0 Å². The van der Waals surface area contributed by atoms with Crippen LogP contribution in [0.3, 0.4) is 0 Å². The van der Waals surface area contributed by atoms with E-state index in [0.717, 1.165) is 0 Å². The summed E-state index contributed by atoms with van der Waals surface area (Å²) in [4.78, 5) is 11.4. The molecule has 1 atom stereocenters. The molecule has 0 aliphatic rings. The predicted molar refractivity (Wildman–Crippen MR) is 80.6 cm³/mol. The lowest BCUT2D eigenvalue weighted by atomic mass is 10.0. The minimum absolute atomic E-state index is 0.0861. The molecule has 0 aliphatic carbocycles. The molecule has 0 amide bonds. The topological polar surface area (TPSA) is 44.8 Å². The van der Waals surface area contributed by atoms with Gasteiger partial charge in [0.15, 0.2) is 0 Å². The average Bonchev–Trinajstić information content (AvgIpc) is 2.42. The number of hydrogen-bond donors (Lipinski definition) is 0. The highest BCUT2D eigenvalue weighted by Crippen LogP contribution is 2.46. The number of alkyl halides is 7. The fraction of sp³-hybridized carbons (Fsp3) is 0.923. The summed E-state index contributed by atoms with van der Waals surface area (Å²) < 4.78 is 90.6. The summed E-state index contributed by atoms with van der Waals surface area (Å²) in [5.74, 6) is -1.29. The van der Waals surface area contributed by atoms with Crippen molar-refractivity contribution < 1.29 is 45.3 Å². The van der Waals surface area contributed by atoms with Gasteiger partial charge in [0.05, 0.1) is 6.61 Å². The van der Waals surface area contributed by atoms with E-state index in [9.17, 15) is 31.1 Å². The lowest BCUT2D eigenvalue weighted by molar-refractivity contribution is -0.400. The van der Waals surface area contributed by atoms with Crippen molar-refractivity contribution >= 4 is 28.6 Å². The fourth-order valence-corrected chi connectivity index (χ4v) is 1.57. The van der Waals surface area contributed by atoms with Gasteiger partial charge in [-0.2, -0.15) is 26.3 Å². The van der Waals surface area contributed by atoms with E-state index >= 15 is 0 Å². The SMILES string of the molecule is CCC(I)C(=O)OCC(OCOCC(C)C)(C(F)(F)F)C(F)(F)F. The zero-order valence-corrected chi connectivity index (χ0v) is 15.4. The maximum Gasteiger partial charge on any atom is 0.430 e. The van der Waals surface area contributed by atoms with Crippen LogP contribution in [-0.2, 0) is 19.0 Å². The van der Waals surface area contributed by atoms with Gasteiger partial charge in [-0.05, 0) is 12.3 Å². The zero-order chi connectivity index (χ0) is 19.2. The number of carbonyl (C=O) groups is 1. The number of carbonyl (C=O) groups excluding carboxylic acids is 1. The Morgan fingerprint density at radius 1 is 1.08 bits per heavy atom. The maximum atomic E-state index is 13.1. The third-order valence-electron chi connectivity index (χ3n) is 2.79. The summed E-state index contributed by atoms with van der Waals surface area (Å²) in [6, 6.07) is 0. The lowest BCUT2D eigenvalue weighted by Gasteiger charge is -2.36. The smallest absolute Gasteiger partial charge is 0.430 e. The number of esters is 1. The molecule has 11 heteroatoms. The van der Waals surface area contributed by atoms with Crippen LogP contribution >= 0.6 is 22.6 Å². The van der Waals surface area contributed by atoms with Gasteiger partial charge in [0.1, 0.15) is 17.3 Å². The molecule has 0 aromatic rings. The lowest BCUT2D eigenvalue weighted by Crippen LogP contribution is -2.62. The maximum absolute atomic E-state index is 13.1. The van der Waals surface area contributed by atoms with E-state index < -0.39 is 41.2 Å². The number of halogens is 7. The van der Waals surface area contributed by atoms with Gasteiger partial charge in [-0.1, -0.05) is 43.4 Å². The molecule has 1 unspecified atom stereocenters. The van der Waals surface area contributed by atoms with E-state index in [1.807, 2.05) is 0 Å². The van der Waals surface area contributed by atoms with Gasteiger partial charge < -0.3 is 14.2 Å². The average molecular weight is 480 g/mol. The van der Waals surface area contributed by atoms with Crippen molar-refractivity contribution in [1.29, 1.82) is 0 Å². The third kappa shape index (κ3) is 6.54. The van der Waals surface area contributed by atoms with Crippen LogP contribution in [0.4, 0.5) is 26.3 Å². The molecule has 144 valence electrons. The highest BCUT2D eigenvalue weighted by atomic mass is 127. The molecule has 0 saturated heterocycles. The van der Waals surface area contributed by atoms with Crippen LogP contribution in [0.1, 0.15) is 27.2 Å². The molecule has 24 heavy (non-hydrogen) atoms. The molecular formula is C13H19F6IO4. The molecule has 0 N–H and O–H groups in total. The molecule has 0 bridgehead atoms. The Bertz CT molecular complexity index is 383. The molecule has 0 rings (SSSR count). The van der Waals surface area contributed by atoms with E-state index in [0.29, 0.717) is 0 Å². The van der Waals surface area contributed by atoms with Gasteiger partial charge in [0, 0.05) is 0 Å². The normalized spacial score (nSPS) is 14.8. The second-order valence-corrected chi connectivity index (χ2v) is 6.84. The number of hydrogen-bond acceptors (Lipinski definition) is 4. The second kappa shape index (κ2) is 9.41. The second-order valence-electron chi connectivity index (χ2n) is 5.33. The molecule has 0 aromatic carbocycles. The molecule has 0 saturated carbocycles. The van der Waals surface area contributed by atoms with Gasteiger partial charge in [-0.15, -0.1) is 0 Å². The van der Waals surface area contributed by atoms with E-state index in [2.05, 4.69) is 14.2 Å². The largest absolute Gasteiger partial charge is 0.461 e. The predicted octanol–water partition coefficient (Wildman–Crippen LogP) is 4.25. The van der Waals surface area contributed by atoms with Crippen molar-refractivity contribution in [2.75, 3.05) is 20.0 Å². The number of rotatable bonds is 9. The molecule has 4 nitrogen and oxygen atoms in total. The molecule has 0 fully saturated rings. The molecule has 0 aromatic heterocycles. The van der Waals surface area contributed by atoms with E-state index in [1.165, 1.54) is 6.92 Å². The highest BCUT2D eigenvalue weighted by Gasteiger charge is 2.73. The molecule has 0 aliphatic heterocycles. The summed E-state index contributed by atoms with van der Waals surface area (Å²) in [6.45, 7) is 1.51. The Morgan fingerprint density at radius 3 is 1.96 bits per heavy atom. The third-order valence-corrected chi connectivity index (χ3v) is 4.18. The molecule has 0 radical (unpaired) electrons. The summed E-state index contributed by atoms with van der Waals surface area (Å²) >= 11 is 1.56. The minimum Gasteiger partial charge on any atom is -0.461 e. The quantitative estimate of drug-likeness (QED) is 0.124. The number of ether oxygens (including phenoxy) is 3. The van der Waals surface area contributed by atoms with E-state index in [-0.39, 0.29) is 18.9 Å². The van der Waals surface area contributed by atoms with E-state index in [4.69, 9.17) is 0 Å². The zero-order valence-electron chi connectivity index (χ0n) is 13.3. The van der Waals surface area contributed by atoms with Gasteiger partial charge in [0.25, 0.3) is 5.60 Å². The van der Waals surface area contributed by atoms with E-state index in [1.54, 1.807) is 36.4 Å². The standard InChI is InChI=1S/C13H19F6IO4/c1-4-9(20)10(21)23-6-11(12(14,15)16,13(17,18)19)24-7-22-5-8(2)3/h8-9H,4-7H2,1-3H3. The first-order valence-corrected chi connectivity index (χ1v) is 8.19. The van der Waals surface area contributed by atoms with Crippen LogP contribution < -0.4 is 0 Å². The van der Waals surface area contributed by atoms with Crippen LogP contribution in [0.15, 0.2) is 0 Å². The van der Waals surface area contributed by atoms with Crippen molar-refractivity contribution in [2.24, 2.45) is 5.92 Å². The molecule has 0 heterocycles. The van der Waals surface area contributed by atoms with Gasteiger partial charge in [-0.25, -0.2) is 0 Å². The van der Waals surface area contributed by atoms with Crippen molar-refractivity contribution in [3.05, 3.63) is 0 Å². The Morgan fingerprint density at radius 2 is 1.58 bits per heavy atom. The minimum atomic E-state index is -5.85. The monoisotopic (exact) mass is 480 g/mol. The first-order chi connectivity index (χ1) is 10.8. The Hall–Kier alpha value is -0.300. The highest BCUT2D eigenvalue weighted by molar-refractivity contribution is 14.1. The van der Waals surface area contributed by atoms with Gasteiger partial charge >= 0.3 is 18.3 Å². The summed E-state index contributed by atoms with van der Waals surface area (Å²) in [6.07, 6.45) is -11.5. The van der Waals surface area contributed by atoms with Crippen molar-refractivity contribution in [2.45, 2.75) is 49.1 Å². The summed E-state index contributed by atoms with van der Waals surface area (Å²) in [7, 11) is 0. The van der Waals surface area contributed by atoms with Gasteiger partial charge in [-0.3, -0.25) is 4.79 Å². The first-order valence-electron chi connectivity index (χ1n) is 6.94. The van der Waals surface area contributed by atoms with Crippen LogP contribution in [0.25, 0.3) is 0 Å². The first kappa shape index (κ1) is 23.7. The Labute approximate surface area is 149 Å². The van der Waals surface area contributed by atoms with Crippen molar-refractivity contribution in [1.82, 2.24) is 0 Å². The fourth-order valence-electron chi connectivity index (χ4n) is 1.39. The van der Waals surface area contributed by atoms with Crippen LogP contribution in [0.5, 0.6) is 0 Å².